The maximum Gasteiger partial charge on any atom is 0.254 e. The second kappa shape index (κ2) is 7.26. The van der Waals surface area contributed by atoms with Gasteiger partial charge in [-0.05, 0) is 43.9 Å². The number of hydrogen-bond donors (Lipinski definition) is 0. The summed E-state index contributed by atoms with van der Waals surface area (Å²) in [5, 5.41) is 0. The highest BCUT2D eigenvalue weighted by Crippen LogP contribution is 2.31. The summed E-state index contributed by atoms with van der Waals surface area (Å²) in [6.45, 7) is 0. The number of rotatable bonds is 3. The van der Waals surface area contributed by atoms with Gasteiger partial charge in [0.05, 0.1) is 0 Å². The zero-order valence-corrected chi connectivity index (χ0v) is 13.3. The molecule has 2 fully saturated rings. The molecule has 2 aliphatic carbocycles. The third kappa shape index (κ3) is 3.50. The summed E-state index contributed by atoms with van der Waals surface area (Å²) < 4.78 is 13.5. The molecule has 0 saturated heterocycles. The van der Waals surface area contributed by atoms with Gasteiger partial charge >= 0.3 is 0 Å². The van der Waals surface area contributed by atoms with Gasteiger partial charge in [-0.25, -0.2) is 4.39 Å². The van der Waals surface area contributed by atoms with Crippen LogP contribution in [0.25, 0.3) is 0 Å². The number of halogens is 1. The second-order valence-electron chi connectivity index (χ2n) is 6.81. The van der Waals surface area contributed by atoms with Crippen molar-refractivity contribution >= 4 is 5.91 Å². The molecular weight excluding hydrogens is 277 g/mol. The summed E-state index contributed by atoms with van der Waals surface area (Å²) in [5.74, 6) is -0.281. The van der Waals surface area contributed by atoms with Crippen LogP contribution in [0.3, 0.4) is 0 Å². The molecule has 1 aromatic carbocycles. The highest BCUT2D eigenvalue weighted by Gasteiger charge is 2.32. The molecule has 3 heteroatoms. The van der Waals surface area contributed by atoms with Crippen molar-refractivity contribution < 1.29 is 9.18 Å². The Morgan fingerprint density at radius 1 is 0.909 bits per heavy atom. The zero-order chi connectivity index (χ0) is 15.4. The number of hydrogen-bond acceptors (Lipinski definition) is 1. The topological polar surface area (TPSA) is 20.3 Å². The predicted molar refractivity (Wildman–Crippen MR) is 86.3 cm³/mol. The van der Waals surface area contributed by atoms with Crippen molar-refractivity contribution in [3.05, 3.63) is 35.6 Å². The van der Waals surface area contributed by atoms with Crippen LogP contribution in [0.1, 0.15) is 74.6 Å². The zero-order valence-electron chi connectivity index (χ0n) is 13.3. The number of benzene rings is 1. The number of carbonyl (C=O) groups is 1. The van der Waals surface area contributed by atoms with Crippen LogP contribution in [0.5, 0.6) is 0 Å². The van der Waals surface area contributed by atoms with E-state index in [0.717, 1.165) is 25.7 Å². The molecule has 0 bridgehead atoms. The first-order chi connectivity index (χ1) is 10.8. The maximum atomic E-state index is 13.5. The Bertz CT molecular complexity index is 486. The van der Waals surface area contributed by atoms with Crippen molar-refractivity contribution in [3.8, 4) is 0 Å². The first-order valence-electron chi connectivity index (χ1n) is 8.84. The molecule has 0 N–H and O–H groups in total. The fraction of sp³-hybridized carbons (Fsp3) is 0.632. The number of nitrogens with zero attached hydrogens (tertiary/aromatic N) is 1. The molecule has 2 saturated carbocycles. The van der Waals surface area contributed by atoms with Crippen LogP contribution >= 0.6 is 0 Å². The number of carbonyl (C=O) groups excluding carboxylic acids is 1. The molecule has 2 aliphatic rings. The molecular formula is C19H26FNO. The van der Waals surface area contributed by atoms with Crippen molar-refractivity contribution in [1.82, 2.24) is 4.90 Å². The minimum Gasteiger partial charge on any atom is -0.333 e. The Hall–Kier alpha value is -1.38. The lowest BCUT2D eigenvalue weighted by atomic mass is 9.88. The summed E-state index contributed by atoms with van der Waals surface area (Å²) in [4.78, 5) is 15.2. The van der Waals surface area contributed by atoms with Crippen molar-refractivity contribution in [1.29, 1.82) is 0 Å². The molecule has 0 aliphatic heterocycles. The van der Waals surface area contributed by atoms with Crippen molar-refractivity contribution in [2.75, 3.05) is 0 Å². The lowest BCUT2D eigenvalue weighted by molar-refractivity contribution is 0.0448. The van der Waals surface area contributed by atoms with Gasteiger partial charge in [0.15, 0.2) is 0 Å². The fourth-order valence-corrected chi connectivity index (χ4v) is 4.12. The normalized spacial score (nSPS) is 20.8. The summed E-state index contributed by atoms with van der Waals surface area (Å²) in [7, 11) is 0. The molecule has 0 unspecified atom stereocenters. The quantitative estimate of drug-likeness (QED) is 0.775. The van der Waals surface area contributed by atoms with E-state index in [4.69, 9.17) is 0 Å². The Morgan fingerprint density at radius 3 is 1.95 bits per heavy atom. The fourth-order valence-electron chi connectivity index (χ4n) is 4.12. The van der Waals surface area contributed by atoms with E-state index in [2.05, 4.69) is 4.90 Å². The molecule has 0 radical (unpaired) electrons. The first-order valence-corrected chi connectivity index (χ1v) is 8.84. The average Bonchev–Trinajstić information content (AvgIpc) is 2.57. The van der Waals surface area contributed by atoms with Crippen LogP contribution in [0.4, 0.5) is 4.39 Å². The first kappa shape index (κ1) is 15.5. The van der Waals surface area contributed by atoms with Gasteiger partial charge in [-0.3, -0.25) is 4.79 Å². The standard InChI is InChI=1S/C19H26FNO/c20-16-9-7-8-15(14-16)19(22)21(17-10-3-1-4-11-17)18-12-5-2-6-13-18/h7-9,14,17-18H,1-6,10-13H2. The number of amides is 1. The molecule has 0 aromatic heterocycles. The largest absolute Gasteiger partial charge is 0.333 e. The SMILES string of the molecule is O=C(c1cccc(F)c1)N(C1CCCCC1)C1CCCCC1. The van der Waals surface area contributed by atoms with Crippen LogP contribution in [-0.2, 0) is 0 Å². The molecule has 3 rings (SSSR count). The Labute approximate surface area is 132 Å². The summed E-state index contributed by atoms with van der Waals surface area (Å²) in [5.41, 5.74) is 0.510. The highest BCUT2D eigenvalue weighted by molar-refractivity contribution is 5.94. The van der Waals surface area contributed by atoms with E-state index in [1.54, 1.807) is 12.1 Å². The monoisotopic (exact) mass is 303 g/mol. The van der Waals surface area contributed by atoms with Gasteiger partial charge in [0, 0.05) is 17.6 Å². The van der Waals surface area contributed by atoms with Crippen molar-refractivity contribution in [2.45, 2.75) is 76.3 Å². The molecule has 120 valence electrons. The van der Waals surface area contributed by atoms with E-state index >= 15 is 0 Å². The molecule has 2 nitrogen and oxygen atoms in total. The van der Waals surface area contributed by atoms with Crippen LogP contribution in [0.15, 0.2) is 24.3 Å². The molecule has 0 atom stereocenters. The molecule has 22 heavy (non-hydrogen) atoms. The van der Waals surface area contributed by atoms with E-state index in [-0.39, 0.29) is 11.7 Å². The molecule has 1 amide bonds. The Kier molecular flexibility index (Phi) is 5.12. The van der Waals surface area contributed by atoms with Crippen LogP contribution in [-0.4, -0.2) is 22.9 Å². The van der Waals surface area contributed by atoms with Crippen LogP contribution < -0.4 is 0 Å². The van der Waals surface area contributed by atoms with Crippen molar-refractivity contribution in [3.63, 3.8) is 0 Å². The van der Waals surface area contributed by atoms with Crippen LogP contribution in [0.2, 0.25) is 0 Å². The van der Waals surface area contributed by atoms with Crippen LogP contribution in [0, 0.1) is 5.82 Å². The summed E-state index contributed by atoms with van der Waals surface area (Å²) in [6, 6.07) is 6.90. The maximum absolute atomic E-state index is 13.5. The lowest BCUT2D eigenvalue weighted by Gasteiger charge is -2.41. The third-order valence-electron chi connectivity index (χ3n) is 5.24. The molecule has 0 spiro atoms. The highest BCUT2D eigenvalue weighted by atomic mass is 19.1. The second-order valence-corrected chi connectivity index (χ2v) is 6.81. The van der Waals surface area contributed by atoms with Gasteiger partial charge in [-0.2, -0.15) is 0 Å². The van der Waals surface area contributed by atoms with Gasteiger partial charge in [0.25, 0.3) is 5.91 Å². The molecule has 0 heterocycles. The average molecular weight is 303 g/mol. The van der Waals surface area contributed by atoms with Gasteiger partial charge in [0.1, 0.15) is 5.82 Å². The van der Waals surface area contributed by atoms with E-state index < -0.39 is 0 Å². The van der Waals surface area contributed by atoms with Gasteiger partial charge in [0.2, 0.25) is 0 Å². The van der Waals surface area contributed by atoms with Gasteiger partial charge in [-0.1, -0.05) is 44.6 Å². The summed E-state index contributed by atoms with van der Waals surface area (Å²) >= 11 is 0. The van der Waals surface area contributed by atoms with Crippen molar-refractivity contribution in [2.24, 2.45) is 0 Å². The third-order valence-corrected chi connectivity index (χ3v) is 5.24. The molecule has 1 aromatic rings. The van der Waals surface area contributed by atoms with E-state index in [0.29, 0.717) is 17.6 Å². The van der Waals surface area contributed by atoms with E-state index in [9.17, 15) is 9.18 Å². The minimum absolute atomic E-state index is 0.0401. The van der Waals surface area contributed by atoms with E-state index in [1.165, 1.54) is 50.7 Å². The smallest absolute Gasteiger partial charge is 0.254 e. The summed E-state index contributed by atoms with van der Waals surface area (Å²) in [6.07, 6.45) is 11.8. The predicted octanol–water partition coefficient (Wildman–Crippen LogP) is 4.93. The minimum atomic E-state index is -0.321. The lowest BCUT2D eigenvalue weighted by Crippen LogP contribution is -2.48. The Morgan fingerprint density at radius 2 is 1.45 bits per heavy atom. The van der Waals surface area contributed by atoms with Gasteiger partial charge < -0.3 is 4.90 Å². The van der Waals surface area contributed by atoms with E-state index in [1.807, 2.05) is 0 Å². The van der Waals surface area contributed by atoms with Gasteiger partial charge in [-0.15, -0.1) is 0 Å². The Balaban J connectivity index is 1.84.